The van der Waals surface area contributed by atoms with Crippen LogP contribution in [-0.4, -0.2) is 0 Å². The second-order valence-electron chi connectivity index (χ2n) is 0. The molecule has 2 N–H and O–H groups in total. The van der Waals surface area contributed by atoms with Crippen molar-refractivity contribution in [1.82, 2.24) is 0 Å². The molecule has 0 heterocycles. The summed E-state index contributed by atoms with van der Waals surface area (Å²) in [7, 11) is 0. The van der Waals surface area contributed by atoms with Crippen LogP contribution in [0.15, 0.2) is 0 Å². The van der Waals surface area contributed by atoms with Crippen LogP contribution in [0.3, 0.4) is 0 Å². The maximum atomic E-state index is 0. The zero-order valence-electron chi connectivity index (χ0n) is 4.91. The predicted molar refractivity (Wildman–Crippen MR) is 30.9 cm³/mol. The molecule has 0 atom stereocenters. The van der Waals surface area contributed by atoms with Crippen molar-refractivity contribution in [3.05, 3.63) is 35.9 Å². The van der Waals surface area contributed by atoms with Crippen molar-refractivity contribution >= 4 is 0 Å². The van der Waals surface area contributed by atoms with Crippen LogP contribution in [0, 0.1) is 29.7 Å². The first kappa shape index (κ1) is 603. The number of hydrogen-bond donors (Lipinski definition) is 0. The molecule has 0 saturated carbocycles. The van der Waals surface area contributed by atoms with E-state index in [9.17, 15) is 0 Å². The molecule has 0 rings (SSSR count). The predicted octanol–water partition coefficient (Wildman–Crippen LogP) is 2.52. The van der Waals surface area contributed by atoms with Crippen molar-refractivity contribution in [3.63, 3.8) is 0 Å². The van der Waals surface area contributed by atoms with Gasteiger partial charge in [-0.1, -0.05) is 0 Å². The van der Waals surface area contributed by atoms with Crippen LogP contribution >= 0.6 is 0 Å². The Morgan fingerprint density at radius 1 is 0.500 bits per heavy atom. The molecule has 0 aromatic rings. The first-order valence-corrected chi connectivity index (χ1v) is 0. The van der Waals surface area contributed by atoms with Gasteiger partial charge in [-0.05, 0) is 0 Å². The smallest absolute Gasteiger partial charge is 0 e. The normalized spacial score (nSPS) is 0. The molecule has 0 spiro atoms. The van der Waals surface area contributed by atoms with E-state index in [1.165, 1.54) is 0 Å². The molecule has 0 aromatic carbocycles. The van der Waals surface area contributed by atoms with Gasteiger partial charge >= 0.3 is 0 Å². The summed E-state index contributed by atoms with van der Waals surface area (Å²) in [6.07, 6.45) is 0. The average molecular weight is 179 g/mol. The molecule has 49 valence electrons. The van der Waals surface area contributed by atoms with Crippen LogP contribution in [0.5, 0.6) is 0 Å². The van der Waals surface area contributed by atoms with Gasteiger partial charge < -0.3 is 35.9 Å². The summed E-state index contributed by atoms with van der Waals surface area (Å²) in [6, 6.07) is 0. The van der Waals surface area contributed by atoms with Crippen molar-refractivity contribution in [2.75, 3.05) is 0 Å². The Balaban J connectivity index is 0. The van der Waals surface area contributed by atoms with Gasteiger partial charge in [0.2, 0.25) is 0 Å². The first-order chi connectivity index (χ1) is 0. The van der Waals surface area contributed by atoms with Gasteiger partial charge in [0.05, 0.1) is 0 Å². The standard InChI is InChI=1S/4CH3.H2N.Rh/h4*1H3;1H2;/q5*-1;. The minimum Gasteiger partial charge on any atom is -0.693 e. The van der Waals surface area contributed by atoms with E-state index in [1.54, 1.807) is 0 Å². The van der Waals surface area contributed by atoms with Crippen LogP contribution in [0.25, 0.3) is 6.15 Å². The zero-order chi connectivity index (χ0) is 0. The quantitative estimate of drug-likeness (QED) is 0.404. The Hall–Kier alpha value is 0.583. The summed E-state index contributed by atoms with van der Waals surface area (Å²) in [5.41, 5.74) is 0. The van der Waals surface area contributed by atoms with E-state index >= 15 is 0 Å². The van der Waals surface area contributed by atoms with Gasteiger partial charge in [0, 0.05) is 19.5 Å². The Kier molecular flexibility index (Phi) is 34600. The molecule has 1 nitrogen and oxygen atoms in total. The Labute approximate surface area is 55.9 Å². The van der Waals surface area contributed by atoms with E-state index in [-0.39, 0.29) is 55.3 Å². The summed E-state index contributed by atoms with van der Waals surface area (Å²) in [6.45, 7) is 0. The van der Waals surface area contributed by atoms with Crippen molar-refractivity contribution in [3.8, 4) is 0 Å². The molecular weight excluding hydrogens is 165 g/mol. The van der Waals surface area contributed by atoms with E-state index < -0.39 is 0 Å². The molecular formula is C4H14NRh-5. The van der Waals surface area contributed by atoms with Gasteiger partial charge in [0.15, 0.2) is 0 Å². The molecule has 0 saturated heterocycles. The number of nitrogens with two attached hydrogens (primary N) is 1. The molecule has 0 fully saturated rings. The monoisotopic (exact) mass is 179 g/mol. The molecule has 0 aliphatic rings. The van der Waals surface area contributed by atoms with Crippen molar-refractivity contribution in [2.45, 2.75) is 0 Å². The fourth-order valence-electron chi connectivity index (χ4n) is 0. The largest absolute Gasteiger partial charge is 0.693 e. The molecule has 0 unspecified atom stereocenters. The Morgan fingerprint density at radius 2 is 0.500 bits per heavy atom. The van der Waals surface area contributed by atoms with Crippen molar-refractivity contribution in [1.29, 1.82) is 0 Å². The fraction of sp³-hybridized carbons (Fsp3) is 0. The second-order valence-corrected chi connectivity index (χ2v) is 0. The first-order valence-electron chi connectivity index (χ1n) is 0. The number of hydrogen-bond acceptors (Lipinski definition) is 0. The molecule has 0 aromatic heterocycles. The minimum absolute atomic E-state index is 0. The van der Waals surface area contributed by atoms with Gasteiger partial charge in [-0.15, -0.1) is 0 Å². The second kappa shape index (κ2) is 345. The van der Waals surface area contributed by atoms with E-state index in [4.69, 9.17) is 0 Å². The molecule has 0 bridgehead atoms. The van der Waals surface area contributed by atoms with Crippen molar-refractivity contribution < 1.29 is 19.5 Å². The summed E-state index contributed by atoms with van der Waals surface area (Å²) >= 11 is 0. The van der Waals surface area contributed by atoms with Crippen LogP contribution in [0.2, 0.25) is 0 Å². The zero-order valence-corrected chi connectivity index (χ0v) is 6.55. The van der Waals surface area contributed by atoms with E-state index in [2.05, 4.69) is 0 Å². The van der Waals surface area contributed by atoms with Gasteiger partial charge in [-0.2, -0.15) is 0 Å². The van der Waals surface area contributed by atoms with Crippen LogP contribution in [0.4, 0.5) is 0 Å². The minimum atomic E-state index is 0. The maximum Gasteiger partial charge on any atom is 0 e. The summed E-state index contributed by atoms with van der Waals surface area (Å²) in [4.78, 5) is 0. The third-order valence-electron chi connectivity index (χ3n) is 0. The molecule has 0 amide bonds. The topological polar surface area (TPSA) is 33.5 Å². The van der Waals surface area contributed by atoms with Gasteiger partial charge in [0.1, 0.15) is 0 Å². The molecule has 0 aliphatic carbocycles. The van der Waals surface area contributed by atoms with E-state index in [1.807, 2.05) is 0 Å². The molecule has 6 heavy (non-hydrogen) atoms. The average Bonchev–Trinajstić information content (AvgIpc) is 0. The Morgan fingerprint density at radius 3 is 0.500 bits per heavy atom. The SMILES string of the molecule is [CH3-].[CH3-].[CH3-].[CH3-].[NH2-].[Rh]. The summed E-state index contributed by atoms with van der Waals surface area (Å²) in [5, 5.41) is 0. The van der Waals surface area contributed by atoms with Crippen molar-refractivity contribution in [2.24, 2.45) is 0 Å². The fourth-order valence-corrected chi connectivity index (χ4v) is 0. The maximum absolute atomic E-state index is 0. The molecule has 1 radical (unpaired) electrons. The summed E-state index contributed by atoms with van der Waals surface area (Å²) in [5.74, 6) is 0. The van der Waals surface area contributed by atoms with Gasteiger partial charge in [-0.3, -0.25) is 0 Å². The van der Waals surface area contributed by atoms with E-state index in [0.717, 1.165) is 0 Å². The van der Waals surface area contributed by atoms with Crippen LogP contribution in [-0.2, 0) is 19.5 Å². The van der Waals surface area contributed by atoms with E-state index in [0.29, 0.717) is 0 Å². The Bertz CT molecular complexity index is 7.51. The summed E-state index contributed by atoms with van der Waals surface area (Å²) < 4.78 is 0. The third kappa shape index (κ3) is 173. The number of rotatable bonds is 0. The van der Waals surface area contributed by atoms with Gasteiger partial charge in [-0.25, -0.2) is 0 Å². The molecule has 0 aliphatic heterocycles. The molecule has 2 heteroatoms. The third-order valence-corrected chi connectivity index (χ3v) is 0. The van der Waals surface area contributed by atoms with Gasteiger partial charge in [0.25, 0.3) is 0 Å². The van der Waals surface area contributed by atoms with Crippen LogP contribution in [0.1, 0.15) is 0 Å². The van der Waals surface area contributed by atoms with Crippen LogP contribution < -0.4 is 0 Å².